The van der Waals surface area contributed by atoms with E-state index in [9.17, 15) is 4.79 Å². The Morgan fingerprint density at radius 3 is 2.56 bits per heavy atom. The number of halogens is 1. The predicted molar refractivity (Wildman–Crippen MR) is 140 cm³/mol. The van der Waals surface area contributed by atoms with Crippen LogP contribution in [-0.4, -0.2) is 48.8 Å². The highest BCUT2D eigenvalue weighted by atomic mass is 127. The number of benzene rings is 2. The van der Waals surface area contributed by atoms with Crippen LogP contribution in [-0.2, 0) is 11.3 Å². The van der Waals surface area contributed by atoms with Gasteiger partial charge in [-0.25, -0.2) is 0 Å². The summed E-state index contributed by atoms with van der Waals surface area (Å²) in [7, 11) is 0. The molecule has 7 nitrogen and oxygen atoms in total. The molecular formula is C26H30IN3O4. The molecule has 2 heterocycles. The van der Waals surface area contributed by atoms with Gasteiger partial charge >= 0.3 is 0 Å². The first-order chi connectivity index (χ1) is 16.5. The van der Waals surface area contributed by atoms with Gasteiger partial charge in [-0.3, -0.25) is 9.69 Å². The Morgan fingerprint density at radius 2 is 1.91 bits per heavy atom. The van der Waals surface area contributed by atoms with Gasteiger partial charge in [-0.1, -0.05) is 49.3 Å². The molecule has 0 atom stereocenters. The summed E-state index contributed by atoms with van der Waals surface area (Å²) < 4.78 is 16.9. The molecular weight excluding hydrogens is 545 g/mol. The van der Waals surface area contributed by atoms with Gasteiger partial charge in [0.2, 0.25) is 0 Å². The van der Waals surface area contributed by atoms with Crippen molar-refractivity contribution in [3.8, 4) is 28.2 Å². The topological polar surface area (TPSA) is 76.8 Å². The van der Waals surface area contributed by atoms with Gasteiger partial charge in [0.1, 0.15) is 5.75 Å². The molecule has 4 rings (SSSR count). The van der Waals surface area contributed by atoms with Gasteiger partial charge in [0.15, 0.2) is 34.5 Å². The summed E-state index contributed by atoms with van der Waals surface area (Å²) in [6, 6.07) is 14.3. The standard InChI is InChI=1S/C26H30IN3O4/c1-4-28-26(31)24-23(19-7-5-18(6-8-19)16-30-11-13-32-14-12-30)25(34-29-24)21-15-20(17(2)3)9-10-22(21)33-27/h5-10,15,17H,4,11-14,16H2,1-3H3,(H,28,31). The fourth-order valence-corrected chi connectivity index (χ4v) is 4.47. The van der Waals surface area contributed by atoms with Gasteiger partial charge in [-0.15, -0.1) is 0 Å². The van der Waals surface area contributed by atoms with Crippen LogP contribution >= 0.6 is 23.0 Å². The van der Waals surface area contributed by atoms with Crippen LogP contribution in [0, 0.1) is 0 Å². The summed E-state index contributed by atoms with van der Waals surface area (Å²) >= 11 is 1.87. The Balaban J connectivity index is 1.76. The molecule has 180 valence electrons. The van der Waals surface area contributed by atoms with E-state index in [1.54, 1.807) is 0 Å². The molecule has 1 N–H and O–H groups in total. The van der Waals surface area contributed by atoms with E-state index in [1.165, 1.54) is 5.56 Å². The number of aromatic nitrogens is 1. The fourth-order valence-electron chi connectivity index (χ4n) is 4.09. The third-order valence-corrected chi connectivity index (χ3v) is 6.47. The number of rotatable bonds is 8. The number of carbonyl (C=O) groups excluding carboxylic acids is 1. The molecule has 0 radical (unpaired) electrons. The molecule has 0 saturated carbocycles. The molecule has 2 aromatic carbocycles. The van der Waals surface area contributed by atoms with Gasteiger partial charge in [-0.05, 0) is 41.7 Å². The van der Waals surface area contributed by atoms with Gasteiger partial charge in [0, 0.05) is 26.2 Å². The van der Waals surface area contributed by atoms with Crippen molar-refractivity contribution in [2.24, 2.45) is 0 Å². The van der Waals surface area contributed by atoms with E-state index < -0.39 is 0 Å². The molecule has 1 saturated heterocycles. The normalized spacial score (nSPS) is 14.4. The van der Waals surface area contributed by atoms with Crippen LogP contribution in [0.15, 0.2) is 47.0 Å². The van der Waals surface area contributed by atoms with E-state index in [0.717, 1.165) is 49.5 Å². The number of hydrogen-bond donors (Lipinski definition) is 1. The van der Waals surface area contributed by atoms with Crippen LogP contribution in [0.25, 0.3) is 22.5 Å². The van der Waals surface area contributed by atoms with Crippen molar-refractivity contribution in [1.82, 2.24) is 15.4 Å². The van der Waals surface area contributed by atoms with Crippen molar-refractivity contribution in [3.63, 3.8) is 0 Å². The Labute approximate surface area is 214 Å². The first kappa shape index (κ1) is 24.7. The summed E-state index contributed by atoms with van der Waals surface area (Å²) in [5.74, 6) is 1.25. The maximum Gasteiger partial charge on any atom is 0.274 e. The van der Waals surface area contributed by atoms with Gasteiger partial charge in [0.25, 0.3) is 5.91 Å². The highest BCUT2D eigenvalue weighted by molar-refractivity contribution is 14.1. The molecule has 1 aromatic heterocycles. The first-order valence-electron chi connectivity index (χ1n) is 11.6. The number of morpholine rings is 1. The number of amides is 1. The predicted octanol–water partition coefficient (Wildman–Crippen LogP) is 5.44. The smallest absolute Gasteiger partial charge is 0.274 e. The summed E-state index contributed by atoms with van der Waals surface area (Å²) in [5.41, 5.74) is 4.94. The van der Waals surface area contributed by atoms with Gasteiger partial charge < -0.3 is 17.6 Å². The Bertz CT molecular complexity index is 1120. The van der Waals surface area contributed by atoms with Crippen LogP contribution in [0.1, 0.15) is 48.3 Å². The number of ether oxygens (including phenoxy) is 1. The zero-order valence-corrected chi connectivity index (χ0v) is 21.9. The summed E-state index contributed by atoms with van der Waals surface area (Å²) in [6.07, 6.45) is 0. The third kappa shape index (κ3) is 5.45. The molecule has 0 aliphatic carbocycles. The van der Waals surface area contributed by atoms with Crippen molar-refractivity contribution < 1.29 is 17.1 Å². The fraction of sp³-hybridized carbons (Fsp3) is 0.385. The quantitative estimate of drug-likeness (QED) is 0.361. The molecule has 3 aromatic rings. The van der Waals surface area contributed by atoms with Crippen LogP contribution < -0.4 is 8.38 Å². The zero-order chi connectivity index (χ0) is 24.1. The monoisotopic (exact) mass is 575 g/mol. The molecule has 1 aliphatic rings. The van der Waals surface area contributed by atoms with E-state index in [1.807, 2.05) is 54.2 Å². The minimum absolute atomic E-state index is 0.262. The lowest BCUT2D eigenvalue weighted by Gasteiger charge is -2.26. The lowest BCUT2D eigenvalue weighted by molar-refractivity contribution is 0.0342. The minimum Gasteiger partial charge on any atom is -0.427 e. The second-order valence-electron chi connectivity index (χ2n) is 8.67. The maximum atomic E-state index is 12.9. The Morgan fingerprint density at radius 1 is 1.18 bits per heavy atom. The van der Waals surface area contributed by atoms with Crippen LogP contribution in [0.4, 0.5) is 0 Å². The molecule has 1 fully saturated rings. The van der Waals surface area contributed by atoms with Crippen LogP contribution in [0.3, 0.4) is 0 Å². The molecule has 0 unspecified atom stereocenters. The average Bonchev–Trinajstić information content (AvgIpc) is 3.30. The zero-order valence-electron chi connectivity index (χ0n) is 19.8. The van der Waals surface area contributed by atoms with Crippen LogP contribution in [0.5, 0.6) is 5.75 Å². The Hall–Kier alpha value is -2.43. The summed E-state index contributed by atoms with van der Waals surface area (Å²) in [5, 5.41) is 7.03. The number of nitrogens with one attached hydrogen (secondary N) is 1. The van der Waals surface area contributed by atoms with E-state index in [2.05, 4.69) is 47.4 Å². The highest BCUT2D eigenvalue weighted by Crippen LogP contribution is 2.41. The second kappa shape index (κ2) is 11.3. The largest absolute Gasteiger partial charge is 0.427 e. The van der Waals surface area contributed by atoms with Gasteiger partial charge in [-0.2, -0.15) is 0 Å². The minimum atomic E-state index is -0.262. The van der Waals surface area contributed by atoms with Crippen molar-refractivity contribution >= 4 is 28.9 Å². The van der Waals surface area contributed by atoms with Crippen molar-refractivity contribution in [1.29, 1.82) is 0 Å². The lowest BCUT2D eigenvalue weighted by atomic mass is 9.94. The summed E-state index contributed by atoms with van der Waals surface area (Å²) in [4.78, 5) is 15.2. The van der Waals surface area contributed by atoms with Gasteiger partial charge in [0.05, 0.1) is 24.3 Å². The lowest BCUT2D eigenvalue weighted by Crippen LogP contribution is -2.35. The Kier molecular flexibility index (Phi) is 8.23. The molecule has 8 heteroatoms. The van der Waals surface area contributed by atoms with Crippen LogP contribution in [0.2, 0.25) is 0 Å². The number of carbonyl (C=O) groups is 1. The van der Waals surface area contributed by atoms with E-state index in [-0.39, 0.29) is 11.6 Å². The maximum absolute atomic E-state index is 12.9. The van der Waals surface area contributed by atoms with Crippen molar-refractivity contribution in [2.75, 3.05) is 32.8 Å². The number of hydrogen-bond acceptors (Lipinski definition) is 6. The molecule has 0 spiro atoms. The SMILES string of the molecule is CCNC(=O)c1noc(-c2cc(C(C)C)ccc2OI)c1-c1ccc(CN2CCOCC2)cc1. The average molecular weight is 575 g/mol. The molecule has 1 aliphatic heterocycles. The molecule has 34 heavy (non-hydrogen) atoms. The molecule has 0 bridgehead atoms. The first-order valence-corrected chi connectivity index (χ1v) is 12.5. The van der Waals surface area contributed by atoms with E-state index in [0.29, 0.717) is 29.5 Å². The van der Waals surface area contributed by atoms with E-state index in [4.69, 9.17) is 12.3 Å². The highest BCUT2D eigenvalue weighted by Gasteiger charge is 2.26. The number of nitrogens with zero attached hydrogens (tertiary/aromatic N) is 2. The summed E-state index contributed by atoms with van der Waals surface area (Å²) in [6.45, 7) is 10.9. The van der Waals surface area contributed by atoms with Crippen molar-refractivity contribution in [2.45, 2.75) is 33.2 Å². The molecule has 1 amide bonds. The second-order valence-corrected chi connectivity index (χ2v) is 9.11. The van der Waals surface area contributed by atoms with E-state index >= 15 is 0 Å². The third-order valence-electron chi connectivity index (χ3n) is 6.00. The van der Waals surface area contributed by atoms with Crippen molar-refractivity contribution in [3.05, 3.63) is 59.3 Å².